The smallest absolute Gasteiger partial charge is 0.326 e. The van der Waals surface area contributed by atoms with E-state index in [0.29, 0.717) is 27.6 Å². The molecule has 0 unspecified atom stereocenters. The number of nitrogens with two attached hydrogens (primary N) is 6. The number of nitrogens with one attached hydrogen (secondary N) is 15. The molecule has 614 valence electrons. The Morgan fingerprint density at radius 2 is 0.920 bits per heavy atom. The Morgan fingerprint density at radius 1 is 0.504 bits per heavy atom. The molecular weight excluding hydrogens is 1500 g/mol. The molecule has 43 heteroatoms. The number of rotatable bonds is 47. The standard InChI is InChI=1S/C70H98N22O20S/c1-34(82-58(101)43(9-4-24-79-69(75)76)84-64(107)50(31-56(98)99)90-63(106)49(87-57(100)41(71)30-55(74)97)29-37-32-81-42-8-3-2-7-40(37)42)67(110)92-26-6-11-52(92)66(109)85-45(20-22-53(72)95)60(103)83-44(10-5-25-80-70(77)78)59(102)91-51(33-113)65(108)89-48(28-36-14-18-39(94)19-15-36)62(105)88-47(27-35-12-16-38(93)17-13-35)61(104)86-46(68(111)112)21-23-54(73)96/h2-3,7-8,12-19,32,34,41,43-52,81,93-94,113H,4-6,9-11,20-31,33,71H2,1H3,(H2,72,95)(H2,73,96)(H2,74,97)(H,82,101)(H,83,103)(H,84,107)(H,85,109)(H,86,104)(H,87,100)(H,88,105)(H,89,108)(H,90,106)(H,91,102)(H,98,99)(H,111,112)(H4,75,76,79)(H4,77,78,80)/t34-,41-,43-,44-,45-,46-,47-,48-,49-,50-,51-,52-/m0/s1. The number of carbonyl (C=O) groups excluding carboxylic acids is 14. The molecule has 1 aliphatic heterocycles. The van der Waals surface area contributed by atoms with Crippen molar-refractivity contribution in [3.8, 4) is 11.5 Å². The number of H-pyrrole nitrogens is 1. The SMILES string of the molecule is C[C@H](NC(=O)[C@H](CCCNC(=N)N)NC(=O)[C@H](CC(=O)O)NC(=O)[C@H](Cc1c[nH]c2ccccc12)NC(=O)[C@@H](N)CC(N)=O)C(=O)N1CCC[C@H]1C(=O)N[C@@H](CCC(N)=O)C(=O)N[C@@H](CCCNC(=N)N)C(=O)N[C@@H](CS)C(=O)N[C@@H](Cc1ccc(O)cc1)C(=O)N[C@@H](Cc1ccc(O)cc1)C(=O)N[C@@H](CCC(N)=O)C(=O)O. The molecular formula is C70H98N22O20S. The summed E-state index contributed by atoms with van der Waals surface area (Å²) in [6, 6.07) is -1.78. The fourth-order valence-corrected chi connectivity index (χ4v) is 12.1. The van der Waals surface area contributed by atoms with Gasteiger partial charge in [0.15, 0.2) is 11.9 Å². The van der Waals surface area contributed by atoms with Crippen molar-refractivity contribution in [1.82, 2.24) is 73.7 Å². The molecule has 1 aromatic heterocycles. The van der Waals surface area contributed by atoms with Gasteiger partial charge in [-0.2, -0.15) is 12.6 Å². The molecule has 3 aromatic carbocycles. The second-order valence-corrected chi connectivity index (χ2v) is 27.0. The minimum atomic E-state index is -1.95. The second-order valence-electron chi connectivity index (χ2n) is 26.6. The lowest BCUT2D eigenvalue weighted by atomic mass is 10.0. The van der Waals surface area contributed by atoms with Crippen LogP contribution in [0.15, 0.2) is 79.0 Å². The van der Waals surface area contributed by atoms with E-state index in [9.17, 15) is 97.1 Å². The Hall–Kier alpha value is -12.8. The van der Waals surface area contributed by atoms with Gasteiger partial charge in [0.2, 0.25) is 82.7 Å². The molecule has 31 N–H and O–H groups in total. The number of fused-ring (bicyclic) bond motifs is 1. The van der Waals surface area contributed by atoms with Crippen molar-refractivity contribution >= 4 is 130 Å². The van der Waals surface area contributed by atoms with Gasteiger partial charge >= 0.3 is 11.9 Å². The maximum atomic E-state index is 14.5. The number of phenolic OH excluding ortho intramolecular Hbond substituents is 2. The number of carbonyl (C=O) groups is 16. The van der Waals surface area contributed by atoms with Crippen molar-refractivity contribution in [2.75, 3.05) is 25.4 Å². The number of para-hydroxylation sites is 1. The summed E-state index contributed by atoms with van der Waals surface area (Å²) in [5.74, 6) is -19.2. The third-order valence-electron chi connectivity index (χ3n) is 17.7. The molecule has 1 fully saturated rings. The molecule has 14 amide bonds. The second kappa shape index (κ2) is 44.7. The number of carboxylic acids is 2. The van der Waals surface area contributed by atoms with E-state index < -0.39 is 223 Å². The number of nitrogens with zero attached hydrogens (tertiary/aromatic N) is 1. The van der Waals surface area contributed by atoms with Crippen LogP contribution in [0.4, 0.5) is 0 Å². The van der Waals surface area contributed by atoms with E-state index in [2.05, 4.69) is 81.4 Å². The van der Waals surface area contributed by atoms with Gasteiger partial charge in [0.1, 0.15) is 78.0 Å². The molecule has 5 rings (SSSR count). The zero-order valence-corrected chi connectivity index (χ0v) is 62.4. The van der Waals surface area contributed by atoms with Crippen molar-refractivity contribution < 1.29 is 97.1 Å². The number of primary amides is 3. The quantitative estimate of drug-likeness (QED) is 0.00846. The Labute approximate surface area is 651 Å². The summed E-state index contributed by atoms with van der Waals surface area (Å²) in [5.41, 5.74) is 34.7. The van der Waals surface area contributed by atoms with Gasteiger partial charge in [-0.15, -0.1) is 0 Å². The number of aromatic hydroxyl groups is 2. The van der Waals surface area contributed by atoms with E-state index >= 15 is 0 Å². The Kier molecular flexibility index (Phi) is 35.9. The highest BCUT2D eigenvalue weighted by atomic mass is 32.1. The zero-order valence-electron chi connectivity index (χ0n) is 61.5. The molecule has 0 radical (unpaired) electrons. The summed E-state index contributed by atoms with van der Waals surface area (Å²) in [7, 11) is 0. The average molecular weight is 1600 g/mol. The van der Waals surface area contributed by atoms with Crippen molar-refractivity contribution in [1.29, 1.82) is 10.8 Å². The van der Waals surface area contributed by atoms with Crippen LogP contribution >= 0.6 is 12.6 Å². The fraction of sp³-hybridized carbons (Fsp3) is 0.457. The molecule has 0 spiro atoms. The van der Waals surface area contributed by atoms with Crippen LogP contribution < -0.4 is 98.2 Å². The number of aromatic nitrogens is 1. The molecule has 113 heavy (non-hydrogen) atoms. The first-order chi connectivity index (χ1) is 53.4. The average Bonchev–Trinajstić information content (AvgIpc) is 1.73. The Balaban J connectivity index is 1.35. The van der Waals surface area contributed by atoms with Crippen LogP contribution in [0, 0.1) is 10.8 Å². The van der Waals surface area contributed by atoms with Crippen LogP contribution in [0.25, 0.3) is 10.9 Å². The predicted molar refractivity (Wildman–Crippen MR) is 406 cm³/mol. The lowest BCUT2D eigenvalue weighted by Gasteiger charge is -2.30. The maximum Gasteiger partial charge on any atom is 0.326 e. The monoisotopic (exact) mass is 1600 g/mol. The van der Waals surface area contributed by atoms with E-state index in [4.69, 9.17) is 45.2 Å². The van der Waals surface area contributed by atoms with E-state index in [-0.39, 0.29) is 88.9 Å². The van der Waals surface area contributed by atoms with Crippen molar-refractivity contribution in [2.45, 2.75) is 176 Å². The van der Waals surface area contributed by atoms with Gasteiger partial charge in [0, 0.05) is 74.6 Å². The van der Waals surface area contributed by atoms with Crippen molar-refractivity contribution in [2.24, 2.45) is 34.4 Å². The number of amides is 14. The molecule has 12 atom stereocenters. The summed E-state index contributed by atoms with van der Waals surface area (Å²) < 4.78 is 0. The van der Waals surface area contributed by atoms with Gasteiger partial charge in [0.25, 0.3) is 0 Å². The summed E-state index contributed by atoms with van der Waals surface area (Å²) in [6.07, 6.45) is -3.44. The number of benzene rings is 3. The van der Waals surface area contributed by atoms with Gasteiger partial charge < -0.3 is 129 Å². The van der Waals surface area contributed by atoms with Gasteiger partial charge in [-0.1, -0.05) is 42.5 Å². The third kappa shape index (κ3) is 30.5. The molecule has 0 aliphatic carbocycles. The minimum absolute atomic E-state index is 0.00959. The van der Waals surface area contributed by atoms with E-state index in [0.717, 1.165) is 4.90 Å². The number of hydrogen-bond donors (Lipinski definition) is 26. The number of thiol groups is 1. The number of aromatic amines is 1. The lowest BCUT2D eigenvalue weighted by Crippen LogP contribution is -2.61. The molecule has 1 saturated heterocycles. The summed E-state index contributed by atoms with van der Waals surface area (Å²) in [5, 5.41) is 85.4. The van der Waals surface area contributed by atoms with Crippen LogP contribution in [-0.4, -0.2) is 235 Å². The molecule has 0 saturated carbocycles. The Bertz CT molecular complexity index is 4110. The van der Waals surface area contributed by atoms with Crippen molar-refractivity contribution in [3.63, 3.8) is 0 Å². The highest BCUT2D eigenvalue weighted by molar-refractivity contribution is 7.80. The lowest BCUT2D eigenvalue weighted by molar-refractivity contribution is -0.143. The van der Waals surface area contributed by atoms with Crippen LogP contribution in [0.2, 0.25) is 0 Å². The van der Waals surface area contributed by atoms with Gasteiger partial charge in [-0.05, 0) is 105 Å². The van der Waals surface area contributed by atoms with E-state index in [1.54, 1.807) is 30.5 Å². The number of hydrogen-bond acceptors (Lipinski definition) is 22. The summed E-state index contributed by atoms with van der Waals surface area (Å²) in [6.45, 7) is 1.04. The third-order valence-corrected chi connectivity index (χ3v) is 18.1. The largest absolute Gasteiger partial charge is 0.508 e. The van der Waals surface area contributed by atoms with Crippen LogP contribution in [0.5, 0.6) is 11.5 Å². The number of aliphatic carboxylic acids is 2. The zero-order chi connectivity index (χ0) is 83.8. The first kappa shape index (κ1) is 90.8. The number of guanidine groups is 2. The predicted octanol–water partition coefficient (Wildman–Crippen LogP) is -6.78. The molecule has 42 nitrogen and oxygen atoms in total. The first-order valence-electron chi connectivity index (χ1n) is 35.7. The number of phenols is 2. The van der Waals surface area contributed by atoms with Crippen LogP contribution in [0.1, 0.15) is 101 Å². The normalized spacial score (nSPS) is 15.2. The van der Waals surface area contributed by atoms with Crippen LogP contribution in [0.3, 0.4) is 0 Å². The maximum absolute atomic E-state index is 14.5. The number of likely N-dealkylation sites (tertiary alicyclic amines) is 1. The van der Waals surface area contributed by atoms with E-state index in [1.165, 1.54) is 55.5 Å². The Morgan fingerprint density at radius 3 is 1.40 bits per heavy atom. The molecule has 2 heterocycles. The molecule has 1 aliphatic rings. The van der Waals surface area contributed by atoms with Gasteiger partial charge in [0.05, 0.1) is 18.9 Å². The van der Waals surface area contributed by atoms with Gasteiger partial charge in [-0.3, -0.25) is 82.7 Å². The molecule has 0 bridgehead atoms. The highest BCUT2D eigenvalue weighted by Gasteiger charge is 2.41. The topological polar surface area (TPSA) is 721 Å². The summed E-state index contributed by atoms with van der Waals surface area (Å²) in [4.78, 5) is 221. The van der Waals surface area contributed by atoms with Crippen molar-refractivity contribution in [3.05, 3.63) is 95.7 Å². The summed E-state index contributed by atoms with van der Waals surface area (Å²) >= 11 is 4.30. The van der Waals surface area contributed by atoms with Crippen LogP contribution in [-0.2, 0) is 96.0 Å². The van der Waals surface area contributed by atoms with E-state index in [1.807, 2.05) is 0 Å². The highest BCUT2D eigenvalue weighted by Crippen LogP contribution is 2.23. The first-order valence-corrected chi connectivity index (χ1v) is 36.3. The number of carboxylic acid groups (broad SMARTS) is 2. The minimum Gasteiger partial charge on any atom is -0.508 e. The fourth-order valence-electron chi connectivity index (χ4n) is 11.8. The van der Waals surface area contributed by atoms with Gasteiger partial charge in [-0.25, -0.2) is 4.79 Å². The molecule has 4 aromatic rings.